The SMILES string of the molecule is CCC(=CCN(C)CC1CCC1)C(=O)OC. The molecular weight excluding hydrogens is 202 g/mol. The van der Waals surface area contributed by atoms with Crippen LogP contribution in [0, 0.1) is 5.92 Å². The summed E-state index contributed by atoms with van der Waals surface area (Å²) in [6.45, 7) is 3.97. The fourth-order valence-corrected chi connectivity index (χ4v) is 1.96. The number of methoxy groups -OCH3 is 1. The van der Waals surface area contributed by atoms with Crippen LogP contribution in [-0.4, -0.2) is 38.1 Å². The van der Waals surface area contributed by atoms with Crippen LogP contribution in [-0.2, 0) is 9.53 Å². The van der Waals surface area contributed by atoms with E-state index in [9.17, 15) is 4.79 Å². The molecule has 0 radical (unpaired) electrons. The summed E-state index contributed by atoms with van der Waals surface area (Å²) in [6, 6.07) is 0. The average Bonchev–Trinajstić information content (AvgIpc) is 2.24. The van der Waals surface area contributed by atoms with Crippen LogP contribution in [0.15, 0.2) is 11.6 Å². The Bertz CT molecular complexity index is 257. The fraction of sp³-hybridized carbons (Fsp3) is 0.769. The van der Waals surface area contributed by atoms with Crippen molar-refractivity contribution in [3.05, 3.63) is 11.6 Å². The Morgan fingerprint density at radius 3 is 2.62 bits per heavy atom. The molecule has 0 saturated heterocycles. The molecule has 0 spiro atoms. The second kappa shape index (κ2) is 6.69. The third-order valence-electron chi connectivity index (χ3n) is 3.27. The van der Waals surface area contributed by atoms with E-state index in [0.29, 0.717) is 0 Å². The number of hydrogen-bond acceptors (Lipinski definition) is 3. The van der Waals surface area contributed by atoms with Gasteiger partial charge in [0.2, 0.25) is 0 Å². The predicted molar refractivity (Wildman–Crippen MR) is 65.2 cm³/mol. The summed E-state index contributed by atoms with van der Waals surface area (Å²) in [5.41, 5.74) is 0.781. The summed E-state index contributed by atoms with van der Waals surface area (Å²) in [5.74, 6) is 0.682. The zero-order chi connectivity index (χ0) is 12.0. The first-order valence-electron chi connectivity index (χ1n) is 6.13. The first-order valence-corrected chi connectivity index (χ1v) is 6.13. The predicted octanol–water partition coefficient (Wildman–Crippen LogP) is 2.23. The minimum atomic E-state index is -0.195. The Balaban J connectivity index is 2.33. The lowest BCUT2D eigenvalue weighted by Gasteiger charge is -2.29. The Kier molecular flexibility index (Phi) is 5.53. The van der Waals surface area contributed by atoms with Crippen LogP contribution >= 0.6 is 0 Å². The Morgan fingerprint density at radius 1 is 1.50 bits per heavy atom. The van der Waals surface area contributed by atoms with Crippen LogP contribution in [0.1, 0.15) is 32.6 Å². The molecule has 0 atom stereocenters. The number of hydrogen-bond donors (Lipinski definition) is 0. The molecule has 92 valence electrons. The molecule has 16 heavy (non-hydrogen) atoms. The molecule has 0 heterocycles. The molecule has 0 aliphatic heterocycles. The van der Waals surface area contributed by atoms with Crippen molar-refractivity contribution in [3.63, 3.8) is 0 Å². The van der Waals surface area contributed by atoms with E-state index in [0.717, 1.165) is 31.0 Å². The van der Waals surface area contributed by atoms with Crippen LogP contribution in [0.2, 0.25) is 0 Å². The molecule has 0 bridgehead atoms. The lowest BCUT2D eigenvalue weighted by atomic mass is 9.85. The molecule has 1 fully saturated rings. The molecule has 0 amide bonds. The van der Waals surface area contributed by atoms with E-state index in [2.05, 4.69) is 11.9 Å². The smallest absolute Gasteiger partial charge is 0.333 e. The van der Waals surface area contributed by atoms with Gasteiger partial charge in [-0.05, 0) is 32.2 Å². The second-order valence-corrected chi connectivity index (χ2v) is 4.59. The lowest BCUT2D eigenvalue weighted by molar-refractivity contribution is -0.136. The van der Waals surface area contributed by atoms with Crippen LogP contribution in [0.3, 0.4) is 0 Å². The molecule has 3 heteroatoms. The van der Waals surface area contributed by atoms with Crippen molar-refractivity contribution < 1.29 is 9.53 Å². The summed E-state index contributed by atoms with van der Waals surface area (Å²) < 4.78 is 4.72. The van der Waals surface area contributed by atoms with Crippen molar-refractivity contribution in [2.45, 2.75) is 32.6 Å². The van der Waals surface area contributed by atoms with Crippen LogP contribution in [0.25, 0.3) is 0 Å². The van der Waals surface area contributed by atoms with E-state index in [1.807, 2.05) is 13.0 Å². The van der Waals surface area contributed by atoms with Crippen molar-refractivity contribution in [2.24, 2.45) is 5.92 Å². The van der Waals surface area contributed by atoms with E-state index < -0.39 is 0 Å². The maximum atomic E-state index is 11.3. The highest BCUT2D eigenvalue weighted by molar-refractivity contribution is 5.88. The van der Waals surface area contributed by atoms with E-state index >= 15 is 0 Å². The van der Waals surface area contributed by atoms with Crippen molar-refractivity contribution in [3.8, 4) is 0 Å². The topological polar surface area (TPSA) is 29.5 Å². The number of nitrogens with zero attached hydrogens (tertiary/aromatic N) is 1. The normalized spacial score (nSPS) is 17.4. The monoisotopic (exact) mass is 225 g/mol. The summed E-state index contributed by atoms with van der Waals surface area (Å²) in [7, 11) is 3.54. The van der Waals surface area contributed by atoms with Gasteiger partial charge in [0, 0.05) is 18.7 Å². The van der Waals surface area contributed by atoms with Gasteiger partial charge in [-0.2, -0.15) is 0 Å². The highest BCUT2D eigenvalue weighted by Gasteiger charge is 2.18. The van der Waals surface area contributed by atoms with Gasteiger partial charge in [0.25, 0.3) is 0 Å². The first-order chi connectivity index (χ1) is 7.67. The number of likely N-dealkylation sites (N-methyl/N-ethyl adjacent to an activating group) is 1. The van der Waals surface area contributed by atoms with Gasteiger partial charge in [-0.1, -0.05) is 19.4 Å². The van der Waals surface area contributed by atoms with Crippen LogP contribution < -0.4 is 0 Å². The van der Waals surface area contributed by atoms with Gasteiger partial charge in [-0.15, -0.1) is 0 Å². The molecule has 1 saturated carbocycles. The first kappa shape index (κ1) is 13.2. The molecule has 3 nitrogen and oxygen atoms in total. The standard InChI is InChI=1S/C13H23NO2/c1-4-12(13(15)16-3)8-9-14(2)10-11-6-5-7-11/h8,11H,4-7,9-10H2,1-3H3. The van der Waals surface area contributed by atoms with Gasteiger partial charge >= 0.3 is 5.97 Å². The van der Waals surface area contributed by atoms with Crippen LogP contribution in [0.4, 0.5) is 0 Å². The van der Waals surface area contributed by atoms with Gasteiger partial charge in [0.05, 0.1) is 7.11 Å². The quantitative estimate of drug-likeness (QED) is 0.513. The number of carbonyl (C=O) groups is 1. The van der Waals surface area contributed by atoms with Gasteiger partial charge in [0.15, 0.2) is 0 Å². The molecule has 1 aliphatic rings. The van der Waals surface area contributed by atoms with Gasteiger partial charge in [-0.3, -0.25) is 0 Å². The van der Waals surface area contributed by atoms with E-state index in [-0.39, 0.29) is 5.97 Å². The van der Waals surface area contributed by atoms with E-state index in [1.165, 1.54) is 26.4 Å². The number of rotatable bonds is 6. The van der Waals surface area contributed by atoms with Gasteiger partial charge in [-0.25, -0.2) is 4.79 Å². The largest absolute Gasteiger partial charge is 0.466 e. The minimum absolute atomic E-state index is 0.195. The zero-order valence-electron chi connectivity index (χ0n) is 10.7. The minimum Gasteiger partial charge on any atom is -0.466 e. The van der Waals surface area contributed by atoms with Gasteiger partial charge < -0.3 is 9.64 Å². The Morgan fingerprint density at radius 2 is 2.19 bits per heavy atom. The molecule has 1 aliphatic carbocycles. The molecule has 0 unspecified atom stereocenters. The Hall–Kier alpha value is -0.830. The highest BCUT2D eigenvalue weighted by atomic mass is 16.5. The number of ether oxygens (including phenoxy) is 1. The lowest BCUT2D eigenvalue weighted by Crippen LogP contribution is -2.29. The zero-order valence-corrected chi connectivity index (χ0v) is 10.7. The molecule has 0 aromatic rings. The third kappa shape index (κ3) is 3.97. The van der Waals surface area contributed by atoms with Crippen LogP contribution in [0.5, 0.6) is 0 Å². The Labute approximate surface area is 98.5 Å². The summed E-state index contributed by atoms with van der Waals surface area (Å²) in [4.78, 5) is 13.6. The molecular formula is C13H23NO2. The summed E-state index contributed by atoms with van der Waals surface area (Å²) >= 11 is 0. The van der Waals surface area contributed by atoms with Crippen molar-refractivity contribution in [1.29, 1.82) is 0 Å². The summed E-state index contributed by atoms with van der Waals surface area (Å²) in [5, 5.41) is 0. The highest BCUT2D eigenvalue weighted by Crippen LogP contribution is 2.26. The number of carbonyl (C=O) groups excluding carboxylic acids is 1. The van der Waals surface area contributed by atoms with Gasteiger partial charge in [0.1, 0.15) is 0 Å². The van der Waals surface area contributed by atoms with E-state index in [4.69, 9.17) is 4.74 Å². The fourth-order valence-electron chi connectivity index (χ4n) is 1.96. The van der Waals surface area contributed by atoms with Crippen molar-refractivity contribution >= 4 is 5.97 Å². The third-order valence-corrected chi connectivity index (χ3v) is 3.27. The second-order valence-electron chi connectivity index (χ2n) is 4.59. The average molecular weight is 225 g/mol. The summed E-state index contributed by atoms with van der Waals surface area (Å²) in [6.07, 6.45) is 6.85. The maximum absolute atomic E-state index is 11.3. The molecule has 0 N–H and O–H groups in total. The van der Waals surface area contributed by atoms with Crippen molar-refractivity contribution in [2.75, 3.05) is 27.2 Å². The number of esters is 1. The molecule has 1 rings (SSSR count). The molecule has 0 aromatic carbocycles. The van der Waals surface area contributed by atoms with E-state index in [1.54, 1.807) is 0 Å². The molecule has 0 aromatic heterocycles. The van der Waals surface area contributed by atoms with Crippen molar-refractivity contribution in [1.82, 2.24) is 4.90 Å². The maximum Gasteiger partial charge on any atom is 0.333 e.